The molecule has 0 saturated heterocycles. The summed E-state index contributed by atoms with van der Waals surface area (Å²) in [6.45, 7) is 0.889. The number of halogens is 9. The minimum atomic E-state index is -4.67. The van der Waals surface area contributed by atoms with E-state index < -0.39 is 42.2 Å². The predicted octanol–water partition coefficient (Wildman–Crippen LogP) is 7.19. The maximum absolute atomic E-state index is 13.7. The minimum Gasteiger partial charge on any atom is -0.345 e. The van der Waals surface area contributed by atoms with E-state index in [0.717, 1.165) is 18.2 Å². The van der Waals surface area contributed by atoms with E-state index in [1.165, 1.54) is 44.2 Å². The number of nitrogens with one attached hydrogen (secondary N) is 2. The highest BCUT2D eigenvalue weighted by molar-refractivity contribution is 6.48. The summed E-state index contributed by atoms with van der Waals surface area (Å²) < 4.78 is 77.9. The molecule has 0 fully saturated rings. The summed E-state index contributed by atoms with van der Waals surface area (Å²) in [5.74, 6) is -3.87. The van der Waals surface area contributed by atoms with Crippen LogP contribution in [0, 0.1) is 0 Å². The highest BCUT2D eigenvalue weighted by atomic mass is 35.5. The molecule has 0 aliphatic carbocycles. The third-order valence-corrected chi connectivity index (χ3v) is 6.01. The molecular formula is C23H19Cl3F6N2O2. The standard InChI is InChI=1S/C23H19Cl3F6N2O2/c1-21(2,20(36)33-11-22(27,28)29)34-19(35)13-6-3-12(4-7-13)5-8-15(23(30,31)32)14-9-16(24)18(26)17(25)10-14/h3-10,15H,11H2,1-2H3,(H,33,36)(H,34,35). The average Bonchev–Trinajstić information content (AvgIpc) is 2.74. The fourth-order valence-corrected chi connectivity index (χ4v) is 3.54. The Labute approximate surface area is 217 Å². The molecule has 1 unspecified atom stereocenters. The second-order valence-electron chi connectivity index (χ2n) is 8.18. The van der Waals surface area contributed by atoms with Crippen LogP contribution in [0.5, 0.6) is 0 Å². The van der Waals surface area contributed by atoms with Crippen molar-refractivity contribution in [3.63, 3.8) is 0 Å². The van der Waals surface area contributed by atoms with Crippen LogP contribution in [0.4, 0.5) is 26.3 Å². The Bertz CT molecular complexity index is 1120. The van der Waals surface area contributed by atoms with E-state index in [-0.39, 0.29) is 26.2 Å². The van der Waals surface area contributed by atoms with Crippen LogP contribution in [-0.4, -0.2) is 36.3 Å². The number of allylic oxidation sites excluding steroid dienone is 1. The molecule has 0 bridgehead atoms. The lowest BCUT2D eigenvalue weighted by Gasteiger charge is -2.25. The number of alkyl halides is 6. The van der Waals surface area contributed by atoms with E-state index in [4.69, 9.17) is 34.8 Å². The lowest BCUT2D eigenvalue weighted by Crippen LogP contribution is -2.55. The Balaban J connectivity index is 2.16. The molecule has 0 saturated carbocycles. The van der Waals surface area contributed by atoms with Crippen LogP contribution >= 0.6 is 34.8 Å². The summed E-state index contributed by atoms with van der Waals surface area (Å²) >= 11 is 17.5. The number of amides is 2. The van der Waals surface area contributed by atoms with E-state index >= 15 is 0 Å². The third-order valence-electron chi connectivity index (χ3n) is 4.81. The number of hydrogen-bond acceptors (Lipinski definition) is 2. The first-order valence-corrected chi connectivity index (χ1v) is 11.2. The van der Waals surface area contributed by atoms with Gasteiger partial charge in [-0.3, -0.25) is 9.59 Å². The summed E-state index contributed by atoms with van der Waals surface area (Å²) in [4.78, 5) is 24.4. The van der Waals surface area contributed by atoms with Crippen molar-refractivity contribution in [3.05, 3.63) is 74.2 Å². The van der Waals surface area contributed by atoms with Gasteiger partial charge in [0.1, 0.15) is 12.1 Å². The Morgan fingerprint density at radius 2 is 1.47 bits per heavy atom. The quantitative estimate of drug-likeness (QED) is 0.271. The van der Waals surface area contributed by atoms with Crippen molar-refractivity contribution < 1.29 is 35.9 Å². The SMILES string of the molecule is CC(C)(NC(=O)c1ccc(C=CC(c2cc(Cl)c(Cl)c(Cl)c2)C(F)(F)F)cc1)C(=O)NCC(F)(F)F. The normalized spacial score (nSPS) is 13.5. The molecule has 0 aliphatic rings. The first-order chi connectivity index (χ1) is 16.4. The van der Waals surface area contributed by atoms with Crippen molar-refractivity contribution in [1.29, 1.82) is 0 Å². The zero-order valence-corrected chi connectivity index (χ0v) is 20.9. The predicted molar refractivity (Wildman–Crippen MR) is 126 cm³/mol. The van der Waals surface area contributed by atoms with Gasteiger partial charge in [-0.15, -0.1) is 0 Å². The summed E-state index contributed by atoms with van der Waals surface area (Å²) in [6.07, 6.45) is -7.21. The smallest absolute Gasteiger partial charge is 0.345 e. The molecule has 196 valence electrons. The van der Waals surface area contributed by atoms with Gasteiger partial charge in [0.2, 0.25) is 5.91 Å². The van der Waals surface area contributed by atoms with Crippen molar-refractivity contribution in [2.45, 2.75) is 37.7 Å². The molecule has 0 aliphatic heterocycles. The van der Waals surface area contributed by atoms with Crippen molar-refractivity contribution in [2.24, 2.45) is 0 Å². The summed E-state index contributed by atoms with van der Waals surface area (Å²) in [5.41, 5.74) is -1.54. The zero-order chi connectivity index (χ0) is 27.5. The number of carbonyl (C=O) groups is 2. The fraction of sp³-hybridized carbons (Fsp3) is 0.304. The van der Waals surface area contributed by atoms with E-state index in [1.54, 1.807) is 5.32 Å². The number of benzene rings is 2. The zero-order valence-electron chi connectivity index (χ0n) is 18.6. The fourth-order valence-electron chi connectivity index (χ4n) is 2.93. The van der Waals surface area contributed by atoms with E-state index in [2.05, 4.69) is 5.32 Å². The van der Waals surface area contributed by atoms with Crippen molar-refractivity contribution in [1.82, 2.24) is 10.6 Å². The Kier molecular flexibility index (Phi) is 9.36. The van der Waals surface area contributed by atoms with Crippen molar-refractivity contribution in [3.8, 4) is 0 Å². The minimum absolute atomic E-state index is 0.0347. The summed E-state index contributed by atoms with van der Waals surface area (Å²) in [7, 11) is 0. The molecule has 0 radical (unpaired) electrons. The highest BCUT2D eigenvalue weighted by Gasteiger charge is 2.39. The molecular weight excluding hydrogens is 557 g/mol. The van der Waals surface area contributed by atoms with Crippen LogP contribution in [0.15, 0.2) is 42.5 Å². The molecule has 0 aromatic heterocycles. The monoisotopic (exact) mass is 574 g/mol. The molecule has 2 amide bonds. The van der Waals surface area contributed by atoms with Crippen LogP contribution in [0.3, 0.4) is 0 Å². The molecule has 2 rings (SSSR count). The molecule has 2 aromatic carbocycles. The van der Waals surface area contributed by atoms with Gasteiger partial charge >= 0.3 is 12.4 Å². The van der Waals surface area contributed by atoms with E-state index in [0.29, 0.717) is 5.56 Å². The number of rotatable bonds is 7. The lowest BCUT2D eigenvalue weighted by molar-refractivity contribution is -0.141. The first-order valence-electron chi connectivity index (χ1n) is 10.1. The second kappa shape index (κ2) is 11.3. The Hall–Kier alpha value is -2.43. The van der Waals surface area contributed by atoms with E-state index in [9.17, 15) is 35.9 Å². The third kappa shape index (κ3) is 8.31. The van der Waals surface area contributed by atoms with Crippen LogP contribution < -0.4 is 10.6 Å². The molecule has 13 heteroatoms. The molecule has 2 aromatic rings. The van der Waals surface area contributed by atoms with Gasteiger partial charge in [0.05, 0.1) is 21.0 Å². The molecule has 36 heavy (non-hydrogen) atoms. The number of carbonyl (C=O) groups excluding carboxylic acids is 2. The highest BCUT2D eigenvalue weighted by Crippen LogP contribution is 2.41. The topological polar surface area (TPSA) is 58.2 Å². The van der Waals surface area contributed by atoms with E-state index in [1.807, 2.05) is 0 Å². The maximum atomic E-state index is 13.7. The molecule has 0 spiro atoms. The lowest BCUT2D eigenvalue weighted by atomic mass is 9.97. The van der Waals surface area contributed by atoms with Gasteiger partial charge in [0, 0.05) is 5.56 Å². The van der Waals surface area contributed by atoms with Crippen LogP contribution in [0.25, 0.3) is 6.08 Å². The van der Waals surface area contributed by atoms with Gasteiger partial charge in [0.15, 0.2) is 0 Å². The van der Waals surface area contributed by atoms with Gasteiger partial charge in [-0.25, -0.2) is 0 Å². The van der Waals surface area contributed by atoms with Crippen LogP contribution in [0.1, 0.15) is 41.3 Å². The number of hydrogen-bond donors (Lipinski definition) is 2. The molecule has 0 heterocycles. The first kappa shape index (κ1) is 29.8. The average molecular weight is 576 g/mol. The Morgan fingerprint density at radius 3 is 1.94 bits per heavy atom. The van der Waals surface area contributed by atoms with Crippen molar-refractivity contribution in [2.75, 3.05) is 6.54 Å². The summed E-state index contributed by atoms with van der Waals surface area (Å²) in [5, 5.41) is 3.67. The Morgan fingerprint density at radius 1 is 0.944 bits per heavy atom. The van der Waals surface area contributed by atoms with Gasteiger partial charge in [-0.05, 0) is 49.2 Å². The van der Waals surface area contributed by atoms with Gasteiger partial charge in [0.25, 0.3) is 5.91 Å². The van der Waals surface area contributed by atoms with Crippen LogP contribution in [-0.2, 0) is 4.79 Å². The molecule has 4 nitrogen and oxygen atoms in total. The maximum Gasteiger partial charge on any atom is 0.405 e. The van der Waals surface area contributed by atoms with Gasteiger partial charge < -0.3 is 10.6 Å². The largest absolute Gasteiger partial charge is 0.405 e. The van der Waals surface area contributed by atoms with Crippen LogP contribution in [0.2, 0.25) is 15.1 Å². The summed E-state index contributed by atoms with van der Waals surface area (Å²) in [6, 6.07) is 7.43. The van der Waals surface area contributed by atoms with Gasteiger partial charge in [-0.1, -0.05) is 59.1 Å². The van der Waals surface area contributed by atoms with Gasteiger partial charge in [-0.2, -0.15) is 26.3 Å². The van der Waals surface area contributed by atoms with Crippen molar-refractivity contribution >= 4 is 52.7 Å². The second-order valence-corrected chi connectivity index (χ2v) is 9.37. The molecule has 2 N–H and O–H groups in total. The molecule has 1 atom stereocenters.